The Morgan fingerprint density at radius 3 is 3.11 bits per heavy atom. The molecule has 0 radical (unpaired) electrons. The molecule has 0 atom stereocenters. The van der Waals surface area contributed by atoms with Gasteiger partial charge in [-0.15, -0.1) is 0 Å². The van der Waals surface area contributed by atoms with Crippen molar-refractivity contribution in [2.45, 2.75) is 26.4 Å². The smallest absolute Gasteiger partial charge is 0.223 e. The summed E-state index contributed by atoms with van der Waals surface area (Å²) in [6.45, 7) is 3.74. The monoisotopic (exact) mass is 246 g/mol. The minimum atomic E-state index is 0.628. The predicted molar refractivity (Wildman–Crippen MR) is 69.6 cm³/mol. The van der Waals surface area contributed by atoms with Crippen molar-refractivity contribution in [3.8, 4) is 11.6 Å². The lowest BCUT2D eigenvalue weighted by molar-refractivity contribution is 0.453. The molecule has 18 heavy (non-hydrogen) atoms. The van der Waals surface area contributed by atoms with Gasteiger partial charge in [0.1, 0.15) is 0 Å². The summed E-state index contributed by atoms with van der Waals surface area (Å²) in [5, 5.41) is 7.32. The second-order valence-corrected chi connectivity index (χ2v) is 4.04. The Morgan fingerprint density at radius 1 is 1.44 bits per heavy atom. The van der Waals surface area contributed by atoms with Crippen LogP contribution in [0.25, 0.3) is 0 Å². The van der Waals surface area contributed by atoms with Crippen LogP contribution >= 0.6 is 0 Å². The van der Waals surface area contributed by atoms with Crippen LogP contribution in [0, 0.1) is 0 Å². The molecular formula is C13H18N4O. The van der Waals surface area contributed by atoms with Crippen molar-refractivity contribution in [3.63, 3.8) is 0 Å². The molecule has 2 aromatic heterocycles. The van der Waals surface area contributed by atoms with E-state index in [1.807, 2.05) is 30.1 Å². The van der Waals surface area contributed by atoms with Crippen molar-refractivity contribution in [2.75, 3.05) is 7.05 Å². The molecule has 5 nitrogen and oxygen atoms in total. The van der Waals surface area contributed by atoms with Crippen molar-refractivity contribution >= 4 is 0 Å². The van der Waals surface area contributed by atoms with E-state index < -0.39 is 0 Å². The lowest BCUT2D eigenvalue weighted by atomic mass is 10.3. The molecule has 1 N–H and O–H groups in total. The van der Waals surface area contributed by atoms with Crippen LogP contribution in [0.3, 0.4) is 0 Å². The Bertz CT molecular complexity index is 495. The van der Waals surface area contributed by atoms with Gasteiger partial charge in [-0.2, -0.15) is 5.10 Å². The van der Waals surface area contributed by atoms with E-state index >= 15 is 0 Å². The molecule has 96 valence electrons. The Balaban J connectivity index is 2.12. The van der Waals surface area contributed by atoms with Gasteiger partial charge < -0.3 is 10.1 Å². The summed E-state index contributed by atoms with van der Waals surface area (Å²) < 4.78 is 7.63. The summed E-state index contributed by atoms with van der Waals surface area (Å²) in [4.78, 5) is 4.25. The average Bonchev–Trinajstić information content (AvgIpc) is 2.80. The Morgan fingerprint density at radius 2 is 2.33 bits per heavy atom. The van der Waals surface area contributed by atoms with Crippen LogP contribution in [-0.4, -0.2) is 21.8 Å². The zero-order chi connectivity index (χ0) is 12.8. The Kier molecular flexibility index (Phi) is 4.30. The molecule has 0 amide bonds. The molecule has 0 saturated heterocycles. The first-order valence-corrected chi connectivity index (χ1v) is 6.12. The fourth-order valence-corrected chi connectivity index (χ4v) is 1.70. The van der Waals surface area contributed by atoms with E-state index in [1.54, 1.807) is 12.4 Å². The Labute approximate surface area is 107 Å². The molecule has 0 aliphatic carbocycles. The first-order valence-electron chi connectivity index (χ1n) is 6.12. The highest BCUT2D eigenvalue weighted by atomic mass is 16.5. The molecule has 2 aromatic rings. The molecule has 0 fully saturated rings. The zero-order valence-electron chi connectivity index (χ0n) is 10.8. The molecule has 0 aliphatic rings. The summed E-state index contributed by atoms with van der Waals surface area (Å²) >= 11 is 0. The van der Waals surface area contributed by atoms with E-state index in [1.165, 1.54) is 0 Å². The third-order valence-corrected chi connectivity index (χ3v) is 2.49. The SMILES string of the molecule is CCCn1cc(Oc2ncccc2CNC)cn1. The maximum atomic E-state index is 5.75. The highest BCUT2D eigenvalue weighted by molar-refractivity contribution is 5.29. The van der Waals surface area contributed by atoms with Crippen molar-refractivity contribution < 1.29 is 4.74 Å². The van der Waals surface area contributed by atoms with Crippen molar-refractivity contribution in [1.82, 2.24) is 20.1 Å². The molecule has 5 heteroatoms. The molecule has 2 heterocycles. The number of hydrogen-bond acceptors (Lipinski definition) is 4. The third-order valence-electron chi connectivity index (χ3n) is 2.49. The van der Waals surface area contributed by atoms with Gasteiger partial charge in [0.25, 0.3) is 0 Å². The van der Waals surface area contributed by atoms with Gasteiger partial charge in [0, 0.05) is 24.8 Å². The van der Waals surface area contributed by atoms with Crippen LogP contribution < -0.4 is 10.1 Å². The Hall–Kier alpha value is -1.88. The minimum absolute atomic E-state index is 0.628. The van der Waals surface area contributed by atoms with E-state index in [2.05, 4.69) is 22.3 Å². The average molecular weight is 246 g/mol. The number of rotatable bonds is 6. The van der Waals surface area contributed by atoms with Gasteiger partial charge in [0.2, 0.25) is 5.88 Å². The van der Waals surface area contributed by atoms with E-state index in [9.17, 15) is 0 Å². The zero-order valence-corrected chi connectivity index (χ0v) is 10.8. The summed E-state index contributed by atoms with van der Waals surface area (Å²) in [7, 11) is 1.90. The van der Waals surface area contributed by atoms with E-state index in [4.69, 9.17) is 4.74 Å². The second kappa shape index (κ2) is 6.16. The van der Waals surface area contributed by atoms with Crippen LogP contribution in [0.15, 0.2) is 30.7 Å². The third kappa shape index (κ3) is 3.07. The molecule has 0 bridgehead atoms. The first-order chi connectivity index (χ1) is 8.83. The van der Waals surface area contributed by atoms with E-state index in [0.29, 0.717) is 5.88 Å². The maximum absolute atomic E-state index is 5.75. The van der Waals surface area contributed by atoms with Crippen molar-refractivity contribution in [1.29, 1.82) is 0 Å². The number of pyridine rings is 1. The minimum Gasteiger partial charge on any atom is -0.435 e. The molecule has 2 rings (SSSR count). The summed E-state index contributed by atoms with van der Waals surface area (Å²) in [6.07, 6.45) is 6.38. The van der Waals surface area contributed by atoms with Crippen LogP contribution in [0.2, 0.25) is 0 Å². The quantitative estimate of drug-likeness (QED) is 0.849. The number of aryl methyl sites for hydroxylation is 1. The molecular weight excluding hydrogens is 228 g/mol. The first kappa shape index (κ1) is 12.6. The van der Waals surface area contributed by atoms with Crippen molar-refractivity contribution in [3.05, 3.63) is 36.3 Å². The highest BCUT2D eigenvalue weighted by Crippen LogP contribution is 2.22. The molecule has 0 aromatic carbocycles. The number of nitrogens with one attached hydrogen (secondary N) is 1. The number of aromatic nitrogens is 3. The largest absolute Gasteiger partial charge is 0.435 e. The van der Waals surface area contributed by atoms with Crippen LogP contribution in [0.5, 0.6) is 11.6 Å². The predicted octanol–water partition coefficient (Wildman–Crippen LogP) is 2.20. The van der Waals surface area contributed by atoms with Gasteiger partial charge >= 0.3 is 0 Å². The summed E-state index contributed by atoms with van der Waals surface area (Å²) in [5.74, 6) is 1.35. The number of nitrogens with zero attached hydrogens (tertiary/aromatic N) is 3. The fraction of sp³-hybridized carbons (Fsp3) is 0.385. The molecule has 0 unspecified atom stereocenters. The van der Waals surface area contributed by atoms with Gasteiger partial charge in [-0.25, -0.2) is 4.98 Å². The maximum Gasteiger partial charge on any atom is 0.223 e. The highest BCUT2D eigenvalue weighted by Gasteiger charge is 2.06. The van der Waals surface area contributed by atoms with Crippen molar-refractivity contribution in [2.24, 2.45) is 0 Å². The van der Waals surface area contributed by atoms with Crippen LogP contribution in [0.1, 0.15) is 18.9 Å². The molecule has 0 saturated carbocycles. The fourth-order valence-electron chi connectivity index (χ4n) is 1.70. The van der Waals surface area contributed by atoms with Gasteiger partial charge in [-0.3, -0.25) is 4.68 Å². The van der Waals surface area contributed by atoms with Crippen LogP contribution in [0.4, 0.5) is 0 Å². The molecule has 0 spiro atoms. The van der Waals surface area contributed by atoms with Gasteiger partial charge in [-0.1, -0.05) is 13.0 Å². The number of ether oxygens (including phenoxy) is 1. The molecule has 0 aliphatic heterocycles. The topological polar surface area (TPSA) is 52.0 Å². The van der Waals surface area contributed by atoms with Gasteiger partial charge in [0.15, 0.2) is 5.75 Å². The summed E-state index contributed by atoms with van der Waals surface area (Å²) in [5.41, 5.74) is 1.03. The van der Waals surface area contributed by atoms with Crippen LogP contribution in [-0.2, 0) is 13.1 Å². The lowest BCUT2D eigenvalue weighted by Gasteiger charge is -2.07. The number of hydrogen-bond donors (Lipinski definition) is 1. The normalized spacial score (nSPS) is 10.6. The van der Waals surface area contributed by atoms with E-state index in [-0.39, 0.29) is 0 Å². The van der Waals surface area contributed by atoms with Gasteiger partial charge in [-0.05, 0) is 19.5 Å². The lowest BCUT2D eigenvalue weighted by Crippen LogP contribution is -2.06. The standard InChI is InChI=1S/C13H18N4O/c1-3-7-17-10-12(9-16-17)18-13-11(8-14-2)5-4-6-15-13/h4-6,9-10,14H,3,7-8H2,1-2H3. The second-order valence-electron chi connectivity index (χ2n) is 4.04. The van der Waals surface area contributed by atoms with E-state index in [0.717, 1.165) is 30.8 Å². The summed E-state index contributed by atoms with van der Waals surface area (Å²) in [6, 6.07) is 3.90. The van der Waals surface area contributed by atoms with Gasteiger partial charge in [0.05, 0.1) is 12.4 Å².